The number of amides is 1. The predicted molar refractivity (Wildman–Crippen MR) is 92.3 cm³/mol. The number of carbonyl (C=O) groups is 1. The fourth-order valence-corrected chi connectivity index (χ4v) is 2.32. The van der Waals surface area contributed by atoms with E-state index in [-0.39, 0.29) is 12.4 Å². The Hall–Kier alpha value is -3.26. The molecule has 2 N–H and O–H groups in total. The standard InChI is InChI=1S/C18H17FN4O3/c1-26-15-8-2-12(3-9-15)16(24)10-23-11-20-17(22-23)18(25)21-14-6-4-13(19)5-7-14/h2-9,11,16,24H,10H2,1H3,(H,21,25)/t16-/m0/s1. The maximum atomic E-state index is 12.9. The summed E-state index contributed by atoms with van der Waals surface area (Å²) in [6, 6.07) is 12.4. The van der Waals surface area contributed by atoms with Crippen molar-refractivity contribution in [2.75, 3.05) is 12.4 Å². The monoisotopic (exact) mass is 356 g/mol. The Bertz CT molecular complexity index is 878. The van der Waals surface area contributed by atoms with Gasteiger partial charge in [0.15, 0.2) is 0 Å². The molecule has 3 rings (SSSR count). The summed E-state index contributed by atoms with van der Waals surface area (Å²) in [5.74, 6) is -0.259. The first kappa shape index (κ1) is 17.6. The number of carbonyl (C=O) groups excluding carboxylic acids is 1. The summed E-state index contributed by atoms with van der Waals surface area (Å²) in [5, 5.41) is 16.9. The fraction of sp³-hybridized carbons (Fsp3) is 0.167. The first-order chi connectivity index (χ1) is 12.5. The number of nitrogens with zero attached hydrogens (tertiary/aromatic N) is 3. The second-order valence-corrected chi connectivity index (χ2v) is 5.54. The van der Waals surface area contributed by atoms with Gasteiger partial charge in [-0.3, -0.25) is 4.79 Å². The topological polar surface area (TPSA) is 89.3 Å². The highest BCUT2D eigenvalue weighted by atomic mass is 19.1. The number of rotatable bonds is 6. The van der Waals surface area contributed by atoms with Crippen LogP contribution < -0.4 is 10.1 Å². The number of aliphatic hydroxyl groups is 1. The lowest BCUT2D eigenvalue weighted by molar-refractivity contribution is 0.101. The molecule has 0 aliphatic rings. The van der Waals surface area contributed by atoms with Gasteiger partial charge in [-0.25, -0.2) is 14.1 Å². The minimum absolute atomic E-state index is 0.0451. The van der Waals surface area contributed by atoms with Gasteiger partial charge in [0.1, 0.15) is 17.9 Å². The molecular weight excluding hydrogens is 339 g/mol. The predicted octanol–water partition coefficient (Wildman–Crippen LogP) is 2.41. The van der Waals surface area contributed by atoms with Crippen molar-refractivity contribution >= 4 is 11.6 Å². The van der Waals surface area contributed by atoms with E-state index in [0.717, 1.165) is 0 Å². The zero-order valence-corrected chi connectivity index (χ0v) is 14.0. The van der Waals surface area contributed by atoms with Gasteiger partial charge in [0.05, 0.1) is 19.8 Å². The third kappa shape index (κ3) is 4.22. The van der Waals surface area contributed by atoms with Crippen LogP contribution in [-0.4, -0.2) is 32.9 Å². The molecule has 3 aromatic rings. The van der Waals surface area contributed by atoms with Crippen molar-refractivity contribution in [1.29, 1.82) is 0 Å². The number of aromatic nitrogens is 3. The van der Waals surface area contributed by atoms with E-state index in [9.17, 15) is 14.3 Å². The third-order valence-corrected chi connectivity index (χ3v) is 3.70. The van der Waals surface area contributed by atoms with E-state index in [1.165, 1.54) is 35.3 Å². The fourth-order valence-electron chi connectivity index (χ4n) is 2.32. The Labute approximate surface area is 149 Å². The summed E-state index contributed by atoms with van der Waals surface area (Å²) in [6.45, 7) is 0.142. The molecule has 0 spiro atoms. The van der Waals surface area contributed by atoms with Crippen molar-refractivity contribution < 1.29 is 19.0 Å². The van der Waals surface area contributed by atoms with Crippen LogP contribution in [0.25, 0.3) is 0 Å². The lowest BCUT2D eigenvalue weighted by atomic mass is 10.1. The molecule has 0 bridgehead atoms. The Balaban J connectivity index is 1.63. The van der Waals surface area contributed by atoms with Crippen LogP contribution in [0.2, 0.25) is 0 Å². The maximum Gasteiger partial charge on any atom is 0.295 e. The lowest BCUT2D eigenvalue weighted by Crippen LogP contribution is -2.15. The Morgan fingerprint density at radius 3 is 2.58 bits per heavy atom. The number of ether oxygens (including phenoxy) is 1. The van der Waals surface area contributed by atoms with Crippen LogP contribution >= 0.6 is 0 Å². The zero-order valence-electron chi connectivity index (χ0n) is 14.0. The van der Waals surface area contributed by atoms with Crippen molar-refractivity contribution in [3.8, 4) is 5.75 Å². The van der Waals surface area contributed by atoms with Crippen molar-refractivity contribution in [3.63, 3.8) is 0 Å². The Morgan fingerprint density at radius 2 is 1.92 bits per heavy atom. The number of anilines is 1. The van der Waals surface area contributed by atoms with Gasteiger partial charge in [0.25, 0.3) is 5.91 Å². The number of aliphatic hydroxyl groups excluding tert-OH is 1. The van der Waals surface area contributed by atoms with Gasteiger partial charge >= 0.3 is 0 Å². The number of methoxy groups -OCH3 is 1. The van der Waals surface area contributed by atoms with Gasteiger partial charge in [-0.2, -0.15) is 0 Å². The minimum Gasteiger partial charge on any atom is -0.497 e. The van der Waals surface area contributed by atoms with Gasteiger partial charge in [0, 0.05) is 5.69 Å². The number of benzene rings is 2. The van der Waals surface area contributed by atoms with Crippen LogP contribution in [0.4, 0.5) is 10.1 Å². The summed E-state index contributed by atoms with van der Waals surface area (Å²) in [7, 11) is 1.57. The van der Waals surface area contributed by atoms with E-state index in [4.69, 9.17) is 4.74 Å². The smallest absolute Gasteiger partial charge is 0.295 e. The highest BCUT2D eigenvalue weighted by Crippen LogP contribution is 2.18. The van der Waals surface area contributed by atoms with Crippen LogP contribution in [0, 0.1) is 5.82 Å². The summed E-state index contributed by atoms with van der Waals surface area (Å²) in [5.41, 5.74) is 1.13. The minimum atomic E-state index is -0.810. The number of nitrogens with one attached hydrogen (secondary N) is 1. The molecule has 0 aliphatic heterocycles. The van der Waals surface area contributed by atoms with Crippen LogP contribution in [0.5, 0.6) is 5.75 Å². The van der Waals surface area contributed by atoms with Crippen molar-refractivity contribution in [3.05, 3.63) is 72.1 Å². The number of hydrogen-bond donors (Lipinski definition) is 2. The highest BCUT2D eigenvalue weighted by molar-refractivity contribution is 6.01. The van der Waals surface area contributed by atoms with Crippen LogP contribution in [0.1, 0.15) is 22.3 Å². The second kappa shape index (κ2) is 7.75. The molecule has 26 heavy (non-hydrogen) atoms. The van der Waals surface area contributed by atoms with Crippen LogP contribution in [0.3, 0.4) is 0 Å². The first-order valence-electron chi connectivity index (χ1n) is 7.83. The van der Waals surface area contributed by atoms with E-state index >= 15 is 0 Å². The summed E-state index contributed by atoms with van der Waals surface area (Å²) in [4.78, 5) is 16.1. The van der Waals surface area contributed by atoms with Gasteiger partial charge in [-0.05, 0) is 42.0 Å². The van der Waals surface area contributed by atoms with E-state index in [1.807, 2.05) is 0 Å². The van der Waals surface area contributed by atoms with E-state index in [2.05, 4.69) is 15.4 Å². The summed E-state index contributed by atoms with van der Waals surface area (Å²) in [6.07, 6.45) is 0.558. The van der Waals surface area contributed by atoms with E-state index in [0.29, 0.717) is 17.0 Å². The average molecular weight is 356 g/mol. The molecule has 8 heteroatoms. The third-order valence-electron chi connectivity index (χ3n) is 3.70. The van der Waals surface area contributed by atoms with Gasteiger partial charge in [-0.15, -0.1) is 5.10 Å². The molecule has 0 fully saturated rings. The van der Waals surface area contributed by atoms with Gasteiger partial charge in [0.2, 0.25) is 5.82 Å². The van der Waals surface area contributed by atoms with Crippen LogP contribution in [-0.2, 0) is 6.54 Å². The van der Waals surface area contributed by atoms with E-state index < -0.39 is 17.8 Å². The molecule has 0 unspecified atom stereocenters. The largest absolute Gasteiger partial charge is 0.497 e. The molecule has 7 nitrogen and oxygen atoms in total. The number of hydrogen-bond acceptors (Lipinski definition) is 5. The average Bonchev–Trinajstić information content (AvgIpc) is 3.12. The Kier molecular flexibility index (Phi) is 5.23. The normalized spacial score (nSPS) is 11.8. The molecular formula is C18H17FN4O3. The summed E-state index contributed by atoms with van der Waals surface area (Å²) < 4.78 is 19.3. The molecule has 0 saturated heterocycles. The SMILES string of the molecule is COc1ccc([C@@H](O)Cn2cnc(C(=O)Nc3ccc(F)cc3)n2)cc1. The maximum absolute atomic E-state index is 12.9. The van der Waals surface area contributed by atoms with E-state index in [1.54, 1.807) is 31.4 Å². The molecule has 1 heterocycles. The van der Waals surface area contributed by atoms with Crippen LogP contribution in [0.15, 0.2) is 54.9 Å². The molecule has 1 amide bonds. The quantitative estimate of drug-likeness (QED) is 0.708. The molecule has 1 aromatic heterocycles. The molecule has 0 radical (unpaired) electrons. The number of halogens is 1. The van der Waals surface area contributed by atoms with Crippen molar-refractivity contribution in [1.82, 2.24) is 14.8 Å². The summed E-state index contributed by atoms with van der Waals surface area (Å²) >= 11 is 0. The van der Waals surface area contributed by atoms with Gasteiger partial charge < -0.3 is 15.2 Å². The molecule has 2 aromatic carbocycles. The lowest BCUT2D eigenvalue weighted by Gasteiger charge is -2.11. The molecule has 0 aliphatic carbocycles. The van der Waals surface area contributed by atoms with Crippen molar-refractivity contribution in [2.45, 2.75) is 12.6 Å². The molecule has 134 valence electrons. The zero-order chi connectivity index (χ0) is 18.5. The molecule has 0 saturated carbocycles. The first-order valence-corrected chi connectivity index (χ1v) is 7.83. The van der Waals surface area contributed by atoms with Crippen molar-refractivity contribution in [2.24, 2.45) is 0 Å². The Morgan fingerprint density at radius 1 is 1.23 bits per heavy atom. The van der Waals surface area contributed by atoms with Gasteiger partial charge in [-0.1, -0.05) is 12.1 Å². The highest BCUT2D eigenvalue weighted by Gasteiger charge is 2.14. The second-order valence-electron chi connectivity index (χ2n) is 5.54. The molecule has 1 atom stereocenters.